The predicted molar refractivity (Wildman–Crippen MR) is 125 cm³/mol. The zero-order chi connectivity index (χ0) is 27.4. The second-order valence-electron chi connectivity index (χ2n) is 8.31. The molecule has 0 radical (unpaired) electrons. The first-order chi connectivity index (χ1) is 16.8. The molecule has 0 aromatic heterocycles. The van der Waals surface area contributed by atoms with Crippen LogP contribution < -0.4 is 33.6 Å². The predicted octanol–water partition coefficient (Wildman–Crippen LogP) is -3.85. The summed E-state index contributed by atoms with van der Waals surface area (Å²) in [7, 11) is 0. The number of nitrogens with two attached hydrogens (primary N) is 4. The highest BCUT2D eigenvalue weighted by atomic mass is 16.4. The van der Waals surface area contributed by atoms with Crippen molar-refractivity contribution in [2.24, 2.45) is 27.9 Å². The van der Waals surface area contributed by atoms with Crippen LogP contribution in [0.1, 0.15) is 44.9 Å². The molecule has 4 amide bonds. The second kappa shape index (κ2) is 14.4. The number of aliphatic carboxylic acids is 2. The number of hydrogen-bond donors (Lipinski definition) is 8. The Kier molecular flexibility index (Phi) is 12.1. The molecule has 0 aromatic carbocycles. The third-order valence-electron chi connectivity index (χ3n) is 5.42. The molecule has 0 bridgehead atoms. The smallest absolute Gasteiger partial charge is 0.326 e. The fraction of sp³-hybridized carbons (Fsp3) is 0.650. The van der Waals surface area contributed by atoms with Crippen molar-refractivity contribution in [3.05, 3.63) is 0 Å². The Morgan fingerprint density at radius 1 is 1.00 bits per heavy atom. The fourth-order valence-corrected chi connectivity index (χ4v) is 3.65. The van der Waals surface area contributed by atoms with Crippen LogP contribution in [-0.4, -0.2) is 93.9 Å². The van der Waals surface area contributed by atoms with Crippen molar-refractivity contribution in [1.82, 2.24) is 15.5 Å². The Bertz CT molecular complexity index is 876. The van der Waals surface area contributed by atoms with Crippen molar-refractivity contribution < 1.29 is 39.0 Å². The molecule has 16 heteroatoms. The average Bonchev–Trinajstić information content (AvgIpc) is 3.27. The summed E-state index contributed by atoms with van der Waals surface area (Å²) in [6.07, 6.45) is -0.224. The van der Waals surface area contributed by atoms with Crippen molar-refractivity contribution in [3.8, 4) is 0 Å². The van der Waals surface area contributed by atoms with Crippen molar-refractivity contribution in [2.75, 3.05) is 13.1 Å². The van der Waals surface area contributed by atoms with Crippen molar-refractivity contribution in [3.63, 3.8) is 0 Å². The number of nitrogens with one attached hydrogen (secondary N) is 2. The van der Waals surface area contributed by atoms with E-state index in [0.29, 0.717) is 6.42 Å². The summed E-state index contributed by atoms with van der Waals surface area (Å²) in [5, 5.41) is 22.9. The third-order valence-corrected chi connectivity index (χ3v) is 5.42. The first-order valence-electron chi connectivity index (χ1n) is 11.3. The topological polar surface area (TPSA) is 287 Å². The maximum Gasteiger partial charge on any atom is 0.326 e. The van der Waals surface area contributed by atoms with E-state index >= 15 is 0 Å². The Balaban J connectivity index is 2.99. The van der Waals surface area contributed by atoms with Gasteiger partial charge in [0.05, 0.1) is 12.5 Å². The lowest BCUT2D eigenvalue weighted by Crippen LogP contribution is -2.57. The van der Waals surface area contributed by atoms with Crippen LogP contribution in [0.4, 0.5) is 0 Å². The van der Waals surface area contributed by atoms with Gasteiger partial charge in [0, 0.05) is 19.5 Å². The Labute approximate surface area is 206 Å². The molecular weight excluding hydrogens is 480 g/mol. The molecule has 1 fully saturated rings. The highest BCUT2D eigenvalue weighted by molar-refractivity contribution is 5.95. The van der Waals surface area contributed by atoms with E-state index in [4.69, 9.17) is 28.0 Å². The van der Waals surface area contributed by atoms with Crippen molar-refractivity contribution in [2.45, 2.75) is 69.1 Å². The number of amides is 4. The molecule has 0 aromatic rings. The number of aliphatic imine (C=N–C) groups is 1. The lowest BCUT2D eigenvalue weighted by atomic mass is 10.1. The second-order valence-corrected chi connectivity index (χ2v) is 8.31. The minimum atomic E-state index is -1.45. The summed E-state index contributed by atoms with van der Waals surface area (Å²) in [6, 6.07) is -4.91. The summed E-state index contributed by atoms with van der Waals surface area (Å²) in [4.78, 5) is 76.9. The van der Waals surface area contributed by atoms with Crippen molar-refractivity contribution in [1.29, 1.82) is 0 Å². The molecular formula is C20H34N8O8. The third kappa shape index (κ3) is 10.1. The van der Waals surface area contributed by atoms with E-state index in [1.807, 2.05) is 0 Å². The van der Waals surface area contributed by atoms with Gasteiger partial charge >= 0.3 is 11.9 Å². The summed E-state index contributed by atoms with van der Waals surface area (Å²) in [6.45, 7) is 0.320. The Morgan fingerprint density at radius 3 is 2.22 bits per heavy atom. The lowest BCUT2D eigenvalue weighted by Gasteiger charge is -2.30. The summed E-state index contributed by atoms with van der Waals surface area (Å²) in [5.41, 5.74) is 21.3. The summed E-state index contributed by atoms with van der Waals surface area (Å²) < 4.78 is 0. The van der Waals surface area contributed by atoms with Gasteiger partial charge in [0.2, 0.25) is 23.6 Å². The lowest BCUT2D eigenvalue weighted by molar-refractivity contribution is -0.145. The van der Waals surface area contributed by atoms with Crippen LogP contribution in [0.5, 0.6) is 0 Å². The summed E-state index contributed by atoms with van der Waals surface area (Å²) in [5.74, 6) is -5.76. The van der Waals surface area contributed by atoms with Gasteiger partial charge in [-0.3, -0.25) is 29.0 Å². The maximum absolute atomic E-state index is 13.3. The average molecular weight is 515 g/mol. The zero-order valence-corrected chi connectivity index (χ0v) is 19.7. The van der Waals surface area contributed by atoms with Gasteiger partial charge in [0.1, 0.15) is 18.1 Å². The van der Waals surface area contributed by atoms with E-state index < -0.39 is 72.6 Å². The van der Waals surface area contributed by atoms with Gasteiger partial charge in [0.25, 0.3) is 0 Å². The molecule has 1 saturated heterocycles. The quantitative estimate of drug-likeness (QED) is 0.0594. The van der Waals surface area contributed by atoms with E-state index in [-0.39, 0.29) is 44.7 Å². The number of nitrogens with zero attached hydrogens (tertiary/aromatic N) is 2. The first-order valence-corrected chi connectivity index (χ1v) is 11.3. The van der Waals surface area contributed by atoms with Gasteiger partial charge in [0.15, 0.2) is 5.96 Å². The molecule has 1 aliphatic heterocycles. The van der Waals surface area contributed by atoms with E-state index in [2.05, 4.69) is 15.6 Å². The normalized spacial score (nSPS) is 17.4. The minimum absolute atomic E-state index is 0.0752. The van der Waals surface area contributed by atoms with Crippen LogP contribution in [0.25, 0.3) is 0 Å². The Morgan fingerprint density at radius 2 is 1.67 bits per heavy atom. The molecule has 16 nitrogen and oxygen atoms in total. The van der Waals surface area contributed by atoms with Gasteiger partial charge in [-0.15, -0.1) is 0 Å². The van der Waals surface area contributed by atoms with E-state index in [1.165, 1.54) is 4.90 Å². The standard InChI is InChI=1S/C20H34N8O8/c21-10(9-14(22)29)16(32)26-11(3-1-7-25-20(23)24)18(34)28-8-2-4-13(28)17(33)27-12(19(35)36)5-6-15(30)31/h10-13H,1-9,21H2,(H2,22,29)(H,26,32)(H,27,33)(H,30,31)(H,35,36)(H4,23,24,25). The molecule has 0 aliphatic carbocycles. The fourth-order valence-electron chi connectivity index (χ4n) is 3.65. The first kappa shape index (κ1) is 30.1. The molecule has 1 rings (SSSR count). The Hall–Kier alpha value is -3.95. The van der Waals surface area contributed by atoms with Crippen LogP contribution in [-0.2, 0) is 28.8 Å². The van der Waals surface area contributed by atoms with Gasteiger partial charge < -0.3 is 48.7 Å². The molecule has 4 unspecified atom stereocenters. The number of guanidine groups is 1. The number of carbonyl (C=O) groups excluding carboxylic acids is 4. The minimum Gasteiger partial charge on any atom is -0.481 e. The van der Waals surface area contributed by atoms with Gasteiger partial charge in [-0.2, -0.15) is 0 Å². The molecule has 36 heavy (non-hydrogen) atoms. The highest BCUT2D eigenvalue weighted by Gasteiger charge is 2.39. The SMILES string of the molecule is NC(=O)CC(N)C(=O)NC(CCCN=C(N)N)C(=O)N1CCCC1C(=O)NC(CCC(=O)O)C(=O)O. The van der Waals surface area contributed by atoms with E-state index in [9.17, 15) is 33.9 Å². The molecule has 0 spiro atoms. The number of carboxylic acid groups (broad SMARTS) is 2. The van der Waals surface area contributed by atoms with Gasteiger partial charge in [-0.05, 0) is 32.1 Å². The van der Waals surface area contributed by atoms with E-state index in [1.54, 1.807) is 0 Å². The van der Waals surface area contributed by atoms with Crippen LogP contribution in [0, 0.1) is 0 Å². The zero-order valence-electron chi connectivity index (χ0n) is 19.7. The number of rotatable bonds is 15. The molecule has 0 saturated carbocycles. The van der Waals surface area contributed by atoms with Gasteiger partial charge in [-0.25, -0.2) is 4.79 Å². The van der Waals surface area contributed by atoms with E-state index in [0.717, 1.165) is 0 Å². The molecule has 1 heterocycles. The van der Waals surface area contributed by atoms with Crippen LogP contribution in [0.3, 0.4) is 0 Å². The number of likely N-dealkylation sites (tertiary alicyclic amines) is 1. The largest absolute Gasteiger partial charge is 0.481 e. The number of carboxylic acids is 2. The summed E-state index contributed by atoms with van der Waals surface area (Å²) >= 11 is 0. The van der Waals surface area contributed by atoms with Crippen LogP contribution >= 0.6 is 0 Å². The van der Waals surface area contributed by atoms with Crippen LogP contribution in [0.2, 0.25) is 0 Å². The molecule has 202 valence electrons. The number of hydrogen-bond acceptors (Lipinski definition) is 8. The molecule has 4 atom stereocenters. The monoisotopic (exact) mass is 514 g/mol. The van der Waals surface area contributed by atoms with Gasteiger partial charge in [-0.1, -0.05) is 0 Å². The van der Waals surface area contributed by atoms with Crippen molar-refractivity contribution >= 4 is 41.5 Å². The van der Waals surface area contributed by atoms with Crippen LogP contribution in [0.15, 0.2) is 4.99 Å². The molecule has 1 aliphatic rings. The maximum atomic E-state index is 13.3. The number of primary amides is 1. The number of carbonyl (C=O) groups is 6. The highest BCUT2D eigenvalue weighted by Crippen LogP contribution is 2.20. The molecule has 12 N–H and O–H groups in total.